The van der Waals surface area contributed by atoms with Gasteiger partial charge in [0.1, 0.15) is 5.01 Å². The maximum atomic E-state index is 12.4. The lowest BCUT2D eigenvalue weighted by Gasteiger charge is -2.09. The Hall–Kier alpha value is -2.51. The van der Waals surface area contributed by atoms with Crippen LogP contribution in [0.4, 0.5) is 5.69 Å². The van der Waals surface area contributed by atoms with Crippen LogP contribution in [0.2, 0.25) is 0 Å². The van der Waals surface area contributed by atoms with Crippen LogP contribution in [0.3, 0.4) is 0 Å². The van der Waals surface area contributed by atoms with Crippen molar-refractivity contribution in [2.24, 2.45) is 0 Å². The molecule has 138 valence electrons. The van der Waals surface area contributed by atoms with Crippen molar-refractivity contribution >= 4 is 44.8 Å². The quantitative estimate of drug-likeness (QED) is 0.571. The highest BCUT2D eigenvalue weighted by molar-refractivity contribution is 9.10. The number of anilines is 1. The minimum absolute atomic E-state index is 0.157. The number of hydrogen-bond donors (Lipinski definition) is 1. The van der Waals surface area contributed by atoms with Crippen LogP contribution in [0.25, 0.3) is 10.6 Å². The van der Waals surface area contributed by atoms with Crippen LogP contribution in [-0.2, 0) is 16.0 Å². The highest BCUT2D eigenvalue weighted by Crippen LogP contribution is 2.26. The van der Waals surface area contributed by atoms with Gasteiger partial charge in [-0.15, -0.1) is 11.3 Å². The number of nitrogens with zero attached hydrogens (tertiary/aromatic N) is 1. The largest absolute Gasteiger partial charge is 0.465 e. The molecule has 0 fully saturated rings. The van der Waals surface area contributed by atoms with E-state index in [4.69, 9.17) is 4.74 Å². The Morgan fingerprint density at radius 1 is 1.22 bits per heavy atom. The first kappa shape index (κ1) is 19.3. The molecular weight excluding hydrogens is 428 g/mol. The van der Waals surface area contributed by atoms with Crippen molar-refractivity contribution in [1.82, 2.24) is 4.98 Å². The molecule has 1 aromatic heterocycles. The number of carbonyl (C=O) groups excluding carboxylic acids is 2. The number of esters is 1. The number of carbonyl (C=O) groups is 2. The summed E-state index contributed by atoms with van der Waals surface area (Å²) in [6, 6.07) is 12.9. The fraction of sp³-hybridized carbons (Fsp3) is 0.150. The summed E-state index contributed by atoms with van der Waals surface area (Å²) >= 11 is 4.96. The summed E-state index contributed by atoms with van der Waals surface area (Å²) in [6.07, 6.45) is 0.183. The zero-order valence-corrected chi connectivity index (χ0v) is 17.2. The van der Waals surface area contributed by atoms with Gasteiger partial charge in [-0.25, -0.2) is 9.78 Å². The normalized spacial score (nSPS) is 10.5. The van der Waals surface area contributed by atoms with Crippen molar-refractivity contribution in [3.63, 3.8) is 0 Å². The number of benzene rings is 2. The van der Waals surface area contributed by atoms with Crippen LogP contribution in [-0.4, -0.2) is 24.0 Å². The minimum Gasteiger partial charge on any atom is -0.465 e. The van der Waals surface area contributed by atoms with E-state index in [2.05, 4.69) is 26.2 Å². The van der Waals surface area contributed by atoms with Gasteiger partial charge in [0.05, 0.1) is 24.8 Å². The summed E-state index contributed by atoms with van der Waals surface area (Å²) in [7, 11) is 1.34. The molecule has 1 amide bonds. The first-order valence-corrected chi connectivity index (χ1v) is 9.82. The number of methoxy groups -OCH3 is 1. The van der Waals surface area contributed by atoms with Crippen molar-refractivity contribution in [2.75, 3.05) is 12.4 Å². The van der Waals surface area contributed by atoms with Crippen molar-refractivity contribution in [3.8, 4) is 10.6 Å². The first-order chi connectivity index (χ1) is 13.0. The zero-order valence-electron chi connectivity index (χ0n) is 14.8. The van der Waals surface area contributed by atoms with E-state index in [9.17, 15) is 9.59 Å². The fourth-order valence-electron chi connectivity index (χ4n) is 2.55. The third-order valence-electron chi connectivity index (χ3n) is 3.89. The first-order valence-electron chi connectivity index (χ1n) is 8.15. The van der Waals surface area contributed by atoms with E-state index in [0.29, 0.717) is 11.3 Å². The third kappa shape index (κ3) is 4.81. The molecular formula is C20H17BrN2O3S. The van der Waals surface area contributed by atoms with Crippen molar-refractivity contribution in [3.05, 3.63) is 69.1 Å². The van der Waals surface area contributed by atoms with E-state index in [1.807, 2.05) is 36.6 Å². The van der Waals surface area contributed by atoms with Gasteiger partial charge in [-0.3, -0.25) is 4.79 Å². The van der Waals surface area contributed by atoms with E-state index >= 15 is 0 Å². The molecule has 2 aromatic carbocycles. The van der Waals surface area contributed by atoms with Gasteiger partial charge in [0.15, 0.2) is 0 Å². The Balaban J connectivity index is 1.67. The van der Waals surface area contributed by atoms with E-state index in [0.717, 1.165) is 26.3 Å². The second kappa shape index (κ2) is 8.45. The summed E-state index contributed by atoms with van der Waals surface area (Å²) in [6.45, 7) is 1.83. The second-order valence-electron chi connectivity index (χ2n) is 5.90. The molecule has 3 aromatic rings. The van der Waals surface area contributed by atoms with Gasteiger partial charge in [0.2, 0.25) is 5.91 Å². The van der Waals surface area contributed by atoms with Gasteiger partial charge in [-0.05, 0) is 42.8 Å². The number of rotatable bonds is 5. The van der Waals surface area contributed by atoms with Crippen LogP contribution in [0.15, 0.2) is 52.3 Å². The monoisotopic (exact) mass is 444 g/mol. The molecule has 1 heterocycles. The number of thiazole rings is 1. The lowest BCUT2D eigenvalue weighted by atomic mass is 10.1. The molecule has 0 radical (unpaired) electrons. The lowest BCUT2D eigenvalue weighted by molar-refractivity contribution is -0.115. The van der Waals surface area contributed by atoms with E-state index in [1.54, 1.807) is 18.2 Å². The lowest BCUT2D eigenvalue weighted by Crippen LogP contribution is -2.15. The number of hydrogen-bond acceptors (Lipinski definition) is 5. The van der Waals surface area contributed by atoms with Crippen LogP contribution < -0.4 is 5.32 Å². The topological polar surface area (TPSA) is 68.3 Å². The summed E-state index contributed by atoms with van der Waals surface area (Å²) in [5.41, 5.74) is 3.63. The Morgan fingerprint density at radius 2 is 2.04 bits per heavy atom. The van der Waals surface area contributed by atoms with Gasteiger partial charge in [0, 0.05) is 21.1 Å². The molecule has 0 atom stereocenters. The Labute approximate surface area is 169 Å². The number of ether oxygens (including phenoxy) is 1. The molecule has 0 aliphatic rings. The maximum absolute atomic E-state index is 12.4. The van der Waals surface area contributed by atoms with E-state index < -0.39 is 5.97 Å². The number of halogens is 1. The fourth-order valence-corrected chi connectivity index (χ4v) is 3.77. The molecule has 0 unspecified atom stereocenters. The zero-order chi connectivity index (χ0) is 19.4. The molecule has 0 saturated heterocycles. The standard InChI is InChI=1S/C20H17BrN2O3S/c1-12-8-14(20(25)26-2)6-7-17(12)23-18(24)10-16-11-27-19(22-16)13-4-3-5-15(21)9-13/h3-9,11H,10H2,1-2H3,(H,23,24). The molecule has 27 heavy (non-hydrogen) atoms. The van der Waals surface area contributed by atoms with Gasteiger partial charge in [0.25, 0.3) is 0 Å². The number of nitrogens with one attached hydrogen (secondary N) is 1. The summed E-state index contributed by atoms with van der Waals surface area (Å²) in [4.78, 5) is 28.5. The number of aromatic nitrogens is 1. The van der Waals surface area contributed by atoms with Crippen LogP contribution >= 0.6 is 27.3 Å². The SMILES string of the molecule is COC(=O)c1ccc(NC(=O)Cc2csc(-c3cccc(Br)c3)n2)c(C)c1. The molecule has 0 spiro atoms. The Morgan fingerprint density at radius 3 is 2.74 bits per heavy atom. The van der Waals surface area contributed by atoms with Crippen molar-refractivity contribution < 1.29 is 14.3 Å². The third-order valence-corrected chi connectivity index (χ3v) is 5.32. The van der Waals surface area contributed by atoms with Gasteiger partial charge >= 0.3 is 5.97 Å². The second-order valence-corrected chi connectivity index (χ2v) is 7.67. The van der Waals surface area contributed by atoms with E-state index in [-0.39, 0.29) is 12.3 Å². The van der Waals surface area contributed by atoms with Crippen LogP contribution in [0.1, 0.15) is 21.6 Å². The van der Waals surface area contributed by atoms with Crippen molar-refractivity contribution in [1.29, 1.82) is 0 Å². The predicted molar refractivity (Wildman–Crippen MR) is 110 cm³/mol. The predicted octanol–water partition coefficient (Wildman–Crippen LogP) is 4.85. The summed E-state index contributed by atoms with van der Waals surface area (Å²) < 4.78 is 5.69. The molecule has 3 rings (SSSR count). The molecule has 0 aliphatic heterocycles. The van der Waals surface area contributed by atoms with Gasteiger partial charge in [-0.1, -0.05) is 28.1 Å². The molecule has 0 aliphatic carbocycles. The summed E-state index contributed by atoms with van der Waals surface area (Å²) in [5.74, 6) is -0.562. The maximum Gasteiger partial charge on any atom is 0.337 e. The van der Waals surface area contributed by atoms with Crippen LogP contribution in [0.5, 0.6) is 0 Å². The Bertz CT molecular complexity index is 1000. The highest BCUT2D eigenvalue weighted by Gasteiger charge is 2.12. The van der Waals surface area contributed by atoms with Crippen molar-refractivity contribution in [2.45, 2.75) is 13.3 Å². The Kier molecular flexibility index (Phi) is 6.03. The number of aryl methyl sites for hydroxylation is 1. The highest BCUT2D eigenvalue weighted by atomic mass is 79.9. The van der Waals surface area contributed by atoms with Gasteiger partial charge in [-0.2, -0.15) is 0 Å². The van der Waals surface area contributed by atoms with Gasteiger partial charge < -0.3 is 10.1 Å². The average Bonchev–Trinajstić information content (AvgIpc) is 3.11. The smallest absolute Gasteiger partial charge is 0.337 e. The summed E-state index contributed by atoms with van der Waals surface area (Å²) in [5, 5.41) is 5.63. The minimum atomic E-state index is -0.404. The van der Waals surface area contributed by atoms with Crippen LogP contribution in [0, 0.1) is 6.92 Å². The molecule has 5 nitrogen and oxygen atoms in total. The molecule has 0 saturated carbocycles. The average molecular weight is 445 g/mol. The molecule has 0 bridgehead atoms. The molecule has 7 heteroatoms. The number of amides is 1. The molecule has 1 N–H and O–H groups in total. The van der Waals surface area contributed by atoms with E-state index in [1.165, 1.54) is 18.4 Å².